The molecule has 2 bridgehead atoms. The normalized spacial score (nSPS) is 21.8. The number of halogens is 1. The molecule has 2 aliphatic rings. The van der Waals surface area contributed by atoms with Gasteiger partial charge in [0.2, 0.25) is 0 Å². The van der Waals surface area contributed by atoms with Crippen molar-refractivity contribution in [2.75, 3.05) is 13.6 Å². The lowest BCUT2D eigenvalue weighted by Crippen LogP contribution is -2.41. The van der Waals surface area contributed by atoms with Gasteiger partial charge < -0.3 is 4.90 Å². The number of carbonyl (C=O) groups is 1. The van der Waals surface area contributed by atoms with Crippen molar-refractivity contribution >= 4 is 17.5 Å². The highest BCUT2D eigenvalue weighted by Crippen LogP contribution is 2.35. The molecular formula is C23H25ClN2O. The molecule has 2 aromatic rings. The van der Waals surface area contributed by atoms with Gasteiger partial charge in [0, 0.05) is 41.3 Å². The van der Waals surface area contributed by atoms with Gasteiger partial charge in [-0.3, -0.25) is 9.69 Å². The van der Waals surface area contributed by atoms with E-state index in [9.17, 15) is 4.79 Å². The average Bonchev–Trinajstić information content (AvgIpc) is 2.90. The summed E-state index contributed by atoms with van der Waals surface area (Å²) in [4.78, 5) is 17.8. The summed E-state index contributed by atoms with van der Waals surface area (Å²) in [5.74, 6) is 0.0674. The topological polar surface area (TPSA) is 23.6 Å². The van der Waals surface area contributed by atoms with Crippen LogP contribution in [0.2, 0.25) is 5.02 Å². The van der Waals surface area contributed by atoms with Gasteiger partial charge in [-0.2, -0.15) is 0 Å². The molecule has 1 fully saturated rings. The summed E-state index contributed by atoms with van der Waals surface area (Å²) in [7, 11) is 2.20. The van der Waals surface area contributed by atoms with Gasteiger partial charge in [0.25, 0.3) is 5.91 Å². The molecule has 0 N–H and O–H groups in total. The molecule has 0 spiro atoms. The number of rotatable bonds is 5. The molecular weight excluding hydrogens is 356 g/mol. The fourth-order valence-electron chi connectivity index (χ4n) is 4.23. The van der Waals surface area contributed by atoms with Crippen molar-refractivity contribution < 1.29 is 4.79 Å². The highest BCUT2D eigenvalue weighted by Gasteiger charge is 2.36. The van der Waals surface area contributed by atoms with Crippen LogP contribution in [0.3, 0.4) is 0 Å². The number of benzene rings is 2. The molecule has 2 heterocycles. The van der Waals surface area contributed by atoms with Crippen molar-refractivity contribution in [2.45, 2.75) is 37.8 Å². The number of nitrogens with zero attached hydrogens (tertiary/aromatic N) is 2. The zero-order valence-corrected chi connectivity index (χ0v) is 16.4. The predicted octanol–water partition coefficient (Wildman–Crippen LogP) is 4.78. The first-order valence-corrected chi connectivity index (χ1v) is 10.0. The summed E-state index contributed by atoms with van der Waals surface area (Å²) < 4.78 is 0. The summed E-state index contributed by atoms with van der Waals surface area (Å²) >= 11 is 6.01. The minimum absolute atomic E-state index is 0.0674. The van der Waals surface area contributed by atoms with Crippen LogP contribution in [-0.4, -0.2) is 41.4 Å². The Morgan fingerprint density at radius 3 is 2.56 bits per heavy atom. The van der Waals surface area contributed by atoms with E-state index in [4.69, 9.17) is 11.6 Å². The minimum Gasteiger partial charge on any atom is -0.312 e. The Morgan fingerprint density at radius 2 is 1.85 bits per heavy atom. The molecule has 0 unspecified atom stereocenters. The van der Waals surface area contributed by atoms with E-state index in [2.05, 4.69) is 42.3 Å². The second-order valence-electron chi connectivity index (χ2n) is 7.53. The van der Waals surface area contributed by atoms with Gasteiger partial charge in [-0.1, -0.05) is 41.9 Å². The van der Waals surface area contributed by atoms with Crippen LogP contribution in [0.15, 0.2) is 66.4 Å². The molecule has 0 aliphatic carbocycles. The number of likely N-dealkylation sites (N-methyl/N-ethyl adjacent to an activating group) is 1. The zero-order valence-electron chi connectivity index (χ0n) is 15.6. The SMILES string of the molecule is CN1[C@@H]2CC[C@@H]1C=C(N(CCc1ccccc1)C(=O)c1ccc(Cl)cc1)C2. The van der Waals surface area contributed by atoms with Crippen molar-refractivity contribution in [1.29, 1.82) is 0 Å². The van der Waals surface area contributed by atoms with Crippen LogP contribution in [0.4, 0.5) is 0 Å². The molecule has 0 saturated carbocycles. The quantitative estimate of drug-likeness (QED) is 0.745. The smallest absolute Gasteiger partial charge is 0.258 e. The molecule has 2 aliphatic heterocycles. The Labute approximate surface area is 166 Å². The van der Waals surface area contributed by atoms with Crippen molar-refractivity contribution in [3.8, 4) is 0 Å². The number of hydrogen-bond donors (Lipinski definition) is 0. The van der Waals surface area contributed by atoms with Crippen LogP contribution in [0, 0.1) is 0 Å². The Morgan fingerprint density at radius 1 is 1.11 bits per heavy atom. The number of fused-ring (bicyclic) bond motifs is 2. The van der Waals surface area contributed by atoms with Crippen molar-refractivity contribution in [1.82, 2.24) is 9.80 Å². The van der Waals surface area contributed by atoms with Gasteiger partial charge in [-0.25, -0.2) is 0 Å². The van der Waals surface area contributed by atoms with Gasteiger partial charge in [-0.05, 0) is 62.2 Å². The molecule has 27 heavy (non-hydrogen) atoms. The number of hydrogen-bond acceptors (Lipinski definition) is 2. The number of carbonyl (C=O) groups excluding carboxylic acids is 1. The van der Waals surface area contributed by atoms with Crippen LogP contribution in [0.5, 0.6) is 0 Å². The van der Waals surface area contributed by atoms with E-state index in [0.717, 1.165) is 12.8 Å². The first kappa shape index (κ1) is 18.3. The Hall–Kier alpha value is -2.10. The molecule has 2 aromatic carbocycles. The second kappa shape index (κ2) is 7.87. The van der Waals surface area contributed by atoms with Gasteiger partial charge >= 0.3 is 0 Å². The van der Waals surface area contributed by atoms with Crippen LogP contribution in [0.25, 0.3) is 0 Å². The van der Waals surface area contributed by atoms with Crippen molar-refractivity contribution in [3.63, 3.8) is 0 Å². The third-order valence-electron chi connectivity index (χ3n) is 5.87. The molecule has 1 saturated heterocycles. The van der Waals surface area contributed by atoms with Gasteiger partial charge in [0.1, 0.15) is 0 Å². The van der Waals surface area contributed by atoms with Crippen LogP contribution >= 0.6 is 11.6 Å². The van der Waals surface area contributed by atoms with E-state index in [1.807, 2.05) is 23.1 Å². The van der Waals surface area contributed by atoms with Crippen molar-refractivity contribution in [2.24, 2.45) is 0 Å². The van der Waals surface area contributed by atoms with Gasteiger partial charge in [0.05, 0.1) is 0 Å². The van der Waals surface area contributed by atoms with Gasteiger partial charge in [-0.15, -0.1) is 0 Å². The third kappa shape index (κ3) is 3.95. The molecule has 1 amide bonds. The largest absolute Gasteiger partial charge is 0.312 e. The lowest BCUT2D eigenvalue weighted by atomic mass is 10.0. The molecule has 140 valence electrons. The average molecular weight is 381 g/mol. The predicted molar refractivity (Wildman–Crippen MR) is 110 cm³/mol. The molecule has 2 atom stereocenters. The van der Waals surface area contributed by atoms with Crippen molar-refractivity contribution in [3.05, 3.63) is 82.5 Å². The molecule has 4 rings (SSSR count). The van der Waals surface area contributed by atoms with Crippen LogP contribution < -0.4 is 0 Å². The standard InChI is InChI=1S/C23H25ClN2O/c1-25-20-11-12-21(25)16-22(15-20)26(14-13-17-5-3-2-4-6-17)23(27)18-7-9-19(24)10-8-18/h2-10,15,20-21H,11-14,16H2,1H3/t20-,21-/m1/s1. The summed E-state index contributed by atoms with van der Waals surface area (Å²) in [5.41, 5.74) is 3.12. The third-order valence-corrected chi connectivity index (χ3v) is 6.13. The summed E-state index contributed by atoms with van der Waals surface area (Å²) in [6.45, 7) is 0.695. The van der Waals surface area contributed by atoms with E-state index in [0.29, 0.717) is 29.2 Å². The number of amides is 1. The first-order valence-electron chi connectivity index (χ1n) is 9.66. The maximum Gasteiger partial charge on any atom is 0.258 e. The second-order valence-corrected chi connectivity index (χ2v) is 7.96. The summed E-state index contributed by atoms with van der Waals surface area (Å²) in [6, 6.07) is 18.6. The highest BCUT2D eigenvalue weighted by atomic mass is 35.5. The fourth-order valence-corrected chi connectivity index (χ4v) is 4.36. The van der Waals surface area contributed by atoms with Crippen LogP contribution in [-0.2, 0) is 6.42 Å². The molecule has 0 radical (unpaired) electrons. The lowest BCUT2D eigenvalue weighted by molar-refractivity contribution is 0.0787. The zero-order chi connectivity index (χ0) is 18.8. The maximum absolute atomic E-state index is 13.3. The maximum atomic E-state index is 13.3. The van der Waals surface area contributed by atoms with E-state index < -0.39 is 0 Å². The molecule has 3 nitrogen and oxygen atoms in total. The van der Waals surface area contributed by atoms with E-state index in [-0.39, 0.29) is 5.91 Å². The lowest BCUT2D eigenvalue weighted by Gasteiger charge is -2.35. The van der Waals surface area contributed by atoms with E-state index in [1.165, 1.54) is 24.1 Å². The van der Waals surface area contributed by atoms with Crippen LogP contribution in [0.1, 0.15) is 35.2 Å². The Kier molecular flexibility index (Phi) is 5.33. The highest BCUT2D eigenvalue weighted by molar-refractivity contribution is 6.30. The summed E-state index contributed by atoms with van der Waals surface area (Å²) in [5, 5.41) is 0.652. The Balaban J connectivity index is 1.59. The fraction of sp³-hybridized carbons (Fsp3) is 0.348. The van der Waals surface area contributed by atoms with Gasteiger partial charge in [0.15, 0.2) is 0 Å². The Bertz CT molecular complexity index is 831. The summed E-state index contributed by atoms with van der Waals surface area (Å²) in [6.07, 6.45) is 6.50. The van der Waals surface area contributed by atoms with E-state index in [1.54, 1.807) is 12.1 Å². The molecule has 0 aromatic heterocycles. The van der Waals surface area contributed by atoms with E-state index >= 15 is 0 Å². The monoisotopic (exact) mass is 380 g/mol. The first-order chi connectivity index (χ1) is 13.1. The molecule has 4 heteroatoms. The minimum atomic E-state index is 0.0674.